The molecule has 1 aliphatic heterocycles. The summed E-state index contributed by atoms with van der Waals surface area (Å²) in [5, 5.41) is 2.82. The molecule has 160 valence electrons. The number of halogens is 3. The van der Waals surface area contributed by atoms with E-state index in [1.165, 1.54) is 24.3 Å². The fourth-order valence-electron chi connectivity index (χ4n) is 2.68. The highest BCUT2D eigenvalue weighted by molar-refractivity contribution is 6.32. The number of carbonyl (C=O) groups excluding carboxylic acids is 2. The Morgan fingerprint density at radius 1 is 1.13 bits per heavy atom. The topological polar surface area (TPSA) is 83.1 Å². The zero-order valence-corrected chi connectivity index (χ0v) is 16.4. The number of fused-ring (bicyclic) bond motifs is 1. The number of ether oxygens (including phenoxy) is 4. The van der Waals surface area contributed by atoms with Gasteiger partial charge in [-0.05, 0) is 36.2 Å². The first-order valence-corrected chi connectivity index (χ1v) is 9.37. The number of carbonyl (C=O) groups is 2. The monoisotopic (exact) mass is 441 g/mol. The summed E-state index contributed by atoms with van der Waals surface area (Å²) in [5.41, 5.74) is 0.961. The molecule has 0 saturated heterocycles. The van der Waals surface area contributed by atoms with Gasteiger partial charge in [-0.1, -0.05) is 23.7 Å². The van der Waals surface area contributed by atoms with Crippen LogP contribution in [0.15, 0.2) is 36.4 Å². The first-order chi connectivity index (χ1) is 14.4. The quantitative estimate of drug-likeness (QED) is 0.633. The molecule has 10 heteroatoms. The Hall–Kier alpha value is -3.07. The normalized spacial score (nSPS) is 12.4. The second-order valence-corrected chi connectivity index (χ2v) is 6.59. The molecule has 1 N–H and O–H groups in total. The third kappa shape index (κ3) is 5.96. The van der Waals surface area contributed by atoms with Crippen molar-refractivity contribution in [3.05, 3.63) is 52.5 Å². The maximum atomic E-state index is 12.2. The van der Waals surface area contributed by atoms with Crippen LogP contribution in [-0.4, -0.2) is 44.9 Å². The van der Waals surface area contributed by atoms with E-state index in [9.17, 15) is 18.4 Å². The molecule has 0 radical (unpaired) electrons. The predicted molar refractivity (Wildman–Crippen MR) is 103 cm³/mol. The molecule has 1 heterocycles. The van der Waals surface area contributed by atoms with Gasteiger partial charge >= 0.3 is 12.6 Å². The van der Waals surface area contributed by atoms with Crippen LogP contribution in [0.25, 0.3) is 0 Å². The maximum absolute atomic E-state index is 12.2. The first kappa shape index (κ1) is 21.6. The van der Waals surface area contributed by atoms with Gasteiger partial charge in [-0.25, -0.2) is 4.79 Å². The van der Waals surface area contributed by atoms with Crippen LogP contribution in [0.2, 0.25) is 5.02 Å². The lowest BCUT2D eigenvalue weighted by atomic mass is 10.1. The average Bonchev–Trinajstić information content (AvgIpc) is 2.73. The molecule has 0 unspecified atom stereocenters. The van der Waals surface area contributed by atoms with Gasteiger partial charge in [-0.2, -0.15) is 8.78 Å². The molecule has 1 aliphatic rings. The van der Waals surface area contributed by atoms with Crippen LogP contribution in [-0.2, 0) is 16.0 Å². The minimum atomic E-state index is -2.88. The van der Waals surface area contributed by atoms with Crippen LogP contribution in [0.4, 0.5) is 8.78 Å². The molecular weight excluding hydrogens is 424 g/mol. The Morgan fingerprint density at radius 2 is 1.87 bits per heavy atom. The van der Waals surface area contributed by atoms with Gasteiger partial charge in [0.25, 0.3) is 5.91 Å². The van der Waals surface area contributed by atoms with Crippen LogP contribution in [0.5, 0.6) is 17.2 Å². The Labute approximate surface area is 175 Å². The molecule has 3 rings (SSSR count). The number of esters is 1. The molecule has 0 bridgehead atoms. The summed E-state index contributed by atoms with van der Waals surface area (Å²) in [6.07, 6.45) is 0.465. The number of amides is 1. The van der Waals surface area contributed by atoms with Gasteiger partial charge in [0.2, 0.25) is 0 Å². The molecular formula is C20H18ClF2NO6. The van der Waals surface area contributed by atoms with E-state index in [2.05, 4.69) is 10.1 Å². The number of benzene rings is 2. The van der Waals surface area contributed by atoms with E-state index in [1.807, 2.05) is 0 Å². The van der Waals surface area contributed by atoms with E-state index in [1.54, 1.807) is 12.1 Å². The van der Waals surface area contributed by atoms with Crippen LogP contribution >= 0.6 is 11.6 Å². The Balaban J connectivity index is 1.42. The number of nitrogens with one attached hydrogen (secondary N) is 1. The van der Waals surface area contributed by atoms with Crippen molar-refractivity contribution in [1.82, 2.24) is 5.32 Å². The summed E-state index contributed by atoms with van der Waals surface area (Å²) in [4.78, 5) is 24.0. The van der Waals surface area contributed by atoms with Crippen molar-refractivity contribution < 1.29 is 37.3 Å². The Morgan fingerprint density at radius 3 is 2.60 bits per heavy atom. The van der Waals surface area contributed by atoms with Gasteiger partial charge in [0.05, 0.1) is 10.6 Å². The molecule has 30 heavy (non-hydrogen) atoms. The summed E-state index contributed by atoms with van der Waals surface area (Å²) in [6.45, 7) is -2.36. The highest BCUT2D eigenvalue weighted by Crippen LogP contribution is 2.38. The molecule has 0 aromatic heterocycles. The molecule has 0 fully saturated rings. The lowest BCUT2D eigenvalue weighted by molar-refractivity contribution is -0.124. The third-order valence-corrected chi connectivity index (χ3v) is 4.33. The number of rotatable bonds is 8. The molecule has 7 nitrogen and oxygen atoms in total. The van der Waals surface area contributed by atoms with Crippen LogP contribution in [0.3, 0.4) is 0 Å². The van der Waals surface area contributed by atoms with E-state index < -0.39 is 25.1 Å². The molecule has 0 aliphatic carbocycles. The minimum absolute atomic E-state index is 0.0592. The van der Waals surface area contributed by atoms with Crippen molar-refractivity contribution in [2.75, 3.05) is 26.4 Å². The third-order valence-electron chi connectivity index (χ3n) is 4.05. The van der Waals surface area contributed by atoms with E-state index in [4.69, 9.17) is 25.8 Å². The summed E-state index contributed by atoms with van der Waals surface area (Å²) in [6, 6.07) is 8.91. The summed E-state index contributed by atoms with van der Waals surface area (Å²) >= 11 is 6.08. The Kier molecular flexibility index (Phi) is 7.29. The maximum Gasteiger partial charge on any atom is 0.387 e. The van der Waals surface area contributed by atoms with Gasteiger partial charge in [-0.15, -0.1) is 0 Å². The fourth-order valence-corrected chi connectivity index (χ4v) is 2.94. The number of hydrogen-bond acceptors (Lipinski definition) is 6. The standard InChI is InChI=1S/C20H18ClF2NO6/c21-15-9-13(10-16-18(15)28-8-7-27-16)19(26)29-11-17(25)24-6-5-12-1-3-14(4-2-12)30-20(22)23/h1-4,9-10,20H,5-8,11H2,(H,24,25). The molecule has 2 aromatic rings. The number of hydrogen-bond donors (Lipinski definition) is 1. The summed E-state index contributed by atoms with van der Waals surface area (Å²) in [7, 11) is 0. The molecule has 0 spiro atoms. The van der Waals surface area contributed by atoms with E-state index >= 15 is 0 Å². The van der Waals surface area contributed by atoms with E-state index in [0.717, 1.165) is 5.56 Å². The highest BCUT2D eigenvalue weighted by Gasteiger charge is 2.20. The zero-order valence-electron chi connectivity index (χ0n) is 15.7. The van der Waals surface area contributed by atoms with Crippen molar-refractivity contribution in [1.29, 1.82) is 0 Å². The molecule has 0 atom stereocenters. The van der Waals surface area contributed by atoms with Gasteiger partial charge in [-0.3, -0.25) is 4.79 Å². The van der Waals surface area contributed by atoms with Gasteiger partial charge in [0.1, 0.15) is 19.0 Å². The summed E-state index contributed by atoms with van der Waals surface area (Å²) in [5.74, 6) is -0.437. The average molecular weight is 442 g/mol. The Bertz CT molecular complexity index is 907. The van der Waals surface area contributed by atoms with Gasteiger partial charge in [0.15, 0.2) is 18.1 Å². The van der Waals surface area contributed by atoms with Crippen LogP contribution < -0.4 is 19.5 Å². The van der Waals surface area contributed by atoms with Crippen molar-refractivity contribution in [3.63, 3.8) is 0 Å². The first-order valence-electron chi connectivity index (χ1n) is 8.99. The predicted octanol–water partition coefficient (Wildman–Crippen LogP) is 3.23. The molecule has 1 amide bonds. The lowest BCUT2D eigenvalue weighted by Crippen LogP contribution is -2.30. The fraction of sp³-hybridized carbons (Fsp3) is 0.300. The van der Waals surface area contributed by atoms with E-state index in [0.29, 0.717) is 31.1 Å². The van der Waals surface area contributed by atoms with Crippen LogP contribution in [0, 0.1) is 0 Å². The molecule has 0 saturated carbocycles. The highest BCUT2D eigenvalue weighted by atomic mass is 35.5. The summed E-state index contributed by atoms with van der Waals surface area (Å²) < 4.78 is 44.3. The second-order valence-electron chi connectivity index (χ2n) is 6.18. The van der Waals surface area contributed by atoms with Gasteiger partial charge in [0, 0.05) is 6.54 Å². The van der Waals surface area contributed by atoms with E-state index in [-0.39, 0.29) is 22.9 Å². The van der Waals surface area contributed by atoms with Gasteiger partial charge < -0.3 is 24.3 Å². The van der Waals surface area contributed by atoms with Crippen molar-refractivity contribution in [2.45, 2.75) is 13.0 Å². The second kappa shape index (κ2) is 10.1. The van der Waals surface area contributed by atoms with Crippen molar-refractivity contribution >= 4 is 23.5 Å². The minimum Gasteiger partial charge on any atom is -0.486 e. The lowest BCUT2D eigenvalue weighted by Gasteiger charge is -2.19. The zero-order chi connectivity index (χ0) is 21.5. The smallest absolute Gasteiger partial charge is 0.387 e. The van der Waals surface area contributed by atoms with Crippen molar-refractivity contribution in [2.24, 2.45) is 0 Å². The SMILES string of the molecule is O=C(COC(=O)c1cc(Cl)c2c(c1)OCCO2)NCCc1ccc(OC(F)F)cc1. The van der Waals surface area contributed by atoms with Crippen molar-refractivity contribution in [3.8, 4) is 17.2 Å². The number of alkyl halides is 2. The molecule has 2 aromatic carbocycles. The van der Waals surface area contributed by atoms with Crippen LogP contribution in [0.1, 0.15) is 15.9 Å². The largest absolute Gasteiger partial charge is 0.486 e.